The molecule has 0 fully saturated rings. The summed E-state index contributed by atoms with van der Waals surface area (Å²) in [5.41, 5.74) is 2.41. The Balaban J connectivity index is 1.83. The Morgan fingerprint density at radius 1 is 1.00 bits per heavy atom. The molecular weight excluding hydrogens is 276 g/mol. The third-order valence-corrected chi connectivity index (χ3v) is 3.02. The monoisotopic (exact) mass is 290 g/mol. The number of carbonyl (C=O) groups is 1. The molecule has 0 aliphatic carbocycles. The van der Waals surface area contributed by atoms with Crippen molar-refractivity contribution in [1.82, 2.24) is 0 Å². The Kier molecular flexibility index (Phi) is 5.12. The summed E-state index contributed by atoms with van der Waals surface area (Å²) >= 11 is 0. The van der Waals surface area contributed by atoms with Gasteiger partial charge in [-0.15, -0.1) is 0 Å². The van der Waals surface area contributed by atoms with Crippen molar-refractivity contribution in [2.45, 2.75) is 6.42 Å². The summed E-state index contributed by atoms with van der Waals surface area (Å²) in [6, 6.07) is 18.0. The van der Waals surface area contributed by atoms with Gasteiger partial charge in [-0.2, -0.15) is 10.5 Å². The Hall–Kier alpha value is -3.31. The molecule has 0 unspecified atom stereocenters. The Morgan fingerprint density at radius 2 is 1.73 bits per heavy atom. The number of nitrogens with one attached hydrogen (secondary N) is 2. The molecule has 5 heteroatoms. The van der Waals surface area contributed by atoms with Gasteiger partial charge in [0.25, 0.3) is 0 Å². The molecule has 2 N–H and O–H groups in total. The van der Waals surface area contributed by atoms with E-state index in [1.165, 1.54) is 0 Å². The standard InChI is InChI=1S/C17H14N4O/c18-11-13-5-7-15(8-6-13)20-10-9-17(22)21-16-4-2-1-3-14(16)12-19/h1-8,20H,9-10H2,(H,21,22). The SMILES string of the molecule is N#Cc1ccc(NCCC(=O)Nc2ccccc2C#N)cc1. The van der Waals surface area contributed by atoms with Crippen molar-refractivity contribution < 1.29 is 4.79 Å². The van der Waals surface area contributed by atoms with Crippen LogP contribution >= 0.6 is 0 Å². The van der Waals surface area contributed by atoms with E-state index in [2.05, 4.69) is 10.6 Å². The van der Waals surface area contributed by atoms with E-state index in [0.29, 0.717) is 23.4 Å². The average molecular weight is 290 g/mol. The second-order valence-electron chi connectivity index (χ2n) is 4.57. The lowest BCUT2D eigenvalue weighted by Crippen LogP contribution is -2.16. The number of nitriles is 2. The number of rotatable bonds is 5. The van der Waals surface area contributed by atoms with Crippen LogP contribution in [0.25, 0.3) is 0 Å². The first-order valence-electron chi connectivity index (χ1n) is 6.76. The summed E-state index contributed by atoms with van der Waals surface area (Å²) in [5, 5.41) is 23.5. The molecule has 0 saturated carbocycles. The van der Waals surface area contributed by atoms with Crippen LogP contribution in [0.4, 0.5) is 11.4 Å². The van der Waals surface area contributed by atoms with E-state index in [9.17, 15) is 4.79 Å². The van der Waals surface area contributed by atoms with Crippen LogP contribution in [0.15, 0.2) is 48.5 Å². The van der Waals surface area contributed by atoms with Crippen LogP contribution in [0.1, 0.15) is 17.5 Å². The minimum Gasteiger partial charge on any atom is -0.385 e. The summed E-state index contributed by atoms with van der Waals surface area (Å²) in [6.07, 6.45) is 0.278. The number of amides is 1. The van der Waals surface area contributed by atoms with Gasteiger partial charge < -0.3 is 10.6 Å². The molecule has 0 aromatic heterocycles. The smallest absolute Gasteiger partial charge is 0.226 e. The lowest BCUT2D eigenvalue weighted by molar-refractivity contribution is -0.115. The maximum Gasteiger partial charge on any atom is 0.226 e. The van der Waals surface area contributed by atoms with E-state index in [4.69, 9.17) is 10.5 Å². The average Bonchev–Trinajstić information content (AvgIpc) is 2.56. The number of carbonyl (C=O) groups excluding carboxylic acids is 1. The third-order valence-electron chi connectivity index (χ3n) is 3.02. The summed E-state index contributed by atoms with van der Waals surface area (Å²) in [6.45, 7) is 0.465. The van der Waals surface area contributed by atoms with Gasteiger partial charge in [-0.3, -0.25) is 4.79 Å². The first-order valence-corrected chi connectivity index (χ1v) is 6.76. The van der Waals surface area contributed by atoms with E-state index in [1.54, 1.807) is 48.5 Å². The van der Waals surface area contributed by atoms with Crippen molar-refractivity contribution in [3.05, 3.63) is 59.7 Å². The molecule has 0 radical (unpaired) electrons. The third kappa shape index (κ3) is 4.09. The molecule has 1 amide bonds. The molecule has 108 valence electrons. The van der Waals surface area contributed by atoms with Crippen molar-refractivity contribution in [2.75, 3.05) is 17.2 Å². The fraction of sp³-hybridized carbons (Fsp3) is 0.118. The van der Waals surface area contributed by atoms with Crippen LogP contribution in [-0.2, 0) is 4.79 Å². The highest BCUT2D eigenvalue weighted by atomic mass is 16.1. The number of hydrogen-bond donors (Lipinski definition) is 2. The van der Waals surface area contributed by atoms with Crippen LogP contribution in [0, 0.1) is 22.7 Å². The second kappa shape index (κ2) is 7.47. The van der Waals surface area contributed by atoms with Crippen molar-refractivity contribution in [3.8, 4) is 12.1 Å². The molecule has 0 saturated heterocycles. The summed E-state index contributed by atoms with van der Waals surface area (Å²) < 4.78 is 0. The van der Waals surface area contributed by atoms with E-state index in [1.807, 2.05) is 12.1 Å². The highest BCUT2D eigenvalue weighted by Crippen LogP contribution is 2.14. The van der Waals surface area contributed by atoms with Gasteiger partial charge in [-0.25, -0.2) is 0 Å². The van der Waals surface area contributed by atoms with Gasteiger partial charge in [0.1, 0.15) is 6.07 Å². The maximum absolute atomic E-state index is 11.9. The normalized spacial score (nSPS) is 9.36. The van der Waals surface area contributed by atoms with Crippen LogP contribution < -0.4 is 10.6 Å². The molecule has 0 bridgehead atoms. The molecule has 0 spiro atoms. The van der Waals surface area contributed by atoms with Gasteiger partial charge in [-0.05, 0) is 36.4 Å². The lowest BCUT2D eigenvalue weighted by Gasteiger charge is -2.08. The quantitative estimate of drug-likeness (QED) is 0.886. The van der Waals surface area contributed by atoms with Gasteiger partial charge in [0.15, 0.2) is 0 Å². The van der Waals surface area contributed by atoms with Gasteiger partial charge in [0.05, 0.1) is 22.9 Å². The molecule has 0 aliphatic heterocycles. The number of anilines is 2. The highest BCUT2D eigenvalue weighted by Gasteiger charge is 2.05. The van der Waals surface area contributed by atoms with E-state index >= 15 is 0 Å². The fourth-order valence-corrected chi connectivity index (χ4v) is 1.89. The van der Waals surface area contributed by atoms with Gasteiger partial charge >= 0.3 is 0 Å². The second-order valence-corrected chi connectivity index (χ2v) is 4.57. The number of nitrogens with zero attached hydrogens (tertiary/aromatic N) is 2. The number of para-hydroxylation sites is 1. The summed E-state index contributed by atoms with van der Waals surface area (Å²) in [7, 11) is 0. The Morgan fingerprint density at radius 3 is 2.41 bits per heavy atom. The zero-order chi connectivity index (χ0) is 15.8. The molecule has 0 atom stereocenters. The largest absolute Gasteiger partial charge is 0.385 e. The van der Waals surface area contributed by atoms with Gasteiger partial charge in [0.2, 0.25) is 5.91 Å². The molecule has 2 aromatic carbocycles. The summed E-state index contributed by atoms with van der Waals surface area (Å²) in [4.78, 5) is 11.9. The fourth-order valence-electron chi connectivity index (χ4n) is 1.89. The van der Waals surface area contributed by atoms with Gasteiger partial charge in [-0.1, -0.05) is 12.1 Å². The molecule has 22 heavy (non-hydrogen) atoms. The maximum atomic E-state index is 11.9. The summed E-state index contributed by atoms with van der Waals surface area (Å²) in [5.74, 6) is -0.163. The van der Waals surface area contributed by atoms with Crippen LogP contribution in [-0.4, -0.2) is 12.5 Å². The zero-order valence-corrected chi connectivity index (χ0v) is 11.8. The van der Waals surface area contributed by atoms with Gasteiger partial charge in [0, 0.05) is 18.7 Å². The number of hydrogen-bond acceptors (Lipinski definition) is 4. The van der Waals surface area contributed by atoms with Crippen LogP contribution in [0.5, 0.6) is 0 Å². The van der Waals surface area contributed by atoms with Crippen molar-refractivity contribution >= 4 is 17.3 Å². The molecule has 2 rings (SSSR count). The van der Waals surface area contributed by atoms with E-state index in [0.717, 1.165) is 5.69 Å². The van der Waals surface area contributed by atoms with Crippen molar-refractivity contribution in [3.63, 3.8) is 0 Å². The predicted octanol–water partition coefficient (Wildman–Crippen LogP) is 2.87. The lowest BCUT2D eigenvalue weighted by atomic mass is 10.2. The molecule has 0 aliphatic rings. The highest BCUT2D eigenvalue weighted by molar-refractivity contribution is 5.92. The molecule has 2 aromatic rings. The van der Waals surface area contributed by atoms with E-state index < -0.39 is 0 Å². The van der Waals surface area contributed by atoms with Crippen molar-refractivity contribution in [2.24, 2.45) is 0 Å². The molecular formula is C17H14N4O. The Bertz CT molecular complexity index is 738. The van der Waals surface area contributed by atoms with Crippen LogP contribution in [0.3, 0.4) is 0 Å². The van der Waals surface area contributed by atoms with E-state index in [-0.39, 0.29) is 12.3 Å². The number of benzene rings is 2. The molecule has 0 heterocycles. The van der Waals surface area contributed by atoms with Crippen molar-refractivity contribution in [1.29, 1.82) is 10.5 Å². The molecule has 5 nitrogen and oxygen atoms in total. The zero-order valence-electron chi connectivity index (χ0n) is 11.8. The first-order chi connectivity index (χ1) is 10.7. The first kappa shape index (κ1) is 15.1. The minimum atomic E-state index is -0.163. The van der Waals surface area contributed by atoms with Crippen LogP contribution in [0.2, 0.25) is 0 Å². The Labute approximate surface area is 128 Å². The topological polar surface area (TPSA) is 88.7 Å². The minimum absolute atomic E-state index is 0.163. The predicted molar refractivity (Wildman–Crippen MR) is 84.1 cm³/mol.